The maximum absolute atomic E-state index is 13.4. The van der Waals surface area contributed by atoms with Crippen molar-refractivity contribution in [1.29, 1.82) is 0 Å². The van der Waals surface area contributed by atoms with E-state index in [0.29, 0.717) is 16.8 Å². The van der Waals surface area contributed by atoms with Crippen LogP contribution >= 0.6 is 11.6 Å². The maximum Gasteiger partial charge on any atom is 0.417 e. The van der Waals surface area contributed by atoms with Crippen molar-refractivity contribution in [3.05, 3.63) is 88.2 Å². The Bertz CT molecular complexity index is 1200. The van der Waals surface area contributed by atoms with Crippen molar-refractivity contribution in [1.82, 2.24) is 0 Å². The first-order valence-electron chi connectivity index (χ1n) is 9.71. The number of anilines is 1. The van der Waals surface area contributed by atoms with Crippen molar-refractivity contribution in [3.63, 3.8) is 0 Å². The SMILES string of the molecule is CC1(C)OB(c2ccc(Cl)cc2)c2cc(NC(=O)c3ccc(F)cc3C(F)(F)F)ccc21. The molecule has 0 radical (unpaired) electrons. The number of benzene rings is 3. The van der Waals surface area contributed by atoms with Crippen molar-refractivity contribution in [2.75, 3.05) is 5.32 Å². The summed E-state index contributed by atoms with van der Waals surface area (Å²) in [6.07, 6.45) is -4.87. The van der Waals surface area contributed by atoms with Crippen molar-refractivity contribution in [2.24, 2.45) is 0 Å². The fourth-order valence-corrected chi connectivity index (χ4v) is 3.99. The van der Waals surface area contributed by atoms with Gasteiger partial charge in [-0.2, -0.15) is 13.2 Å². The van der Waals surface area contributed by atoms with Crippen LogP contribution < -0.4 is 16.2 Å². The molecular weight excluding hydrogens is 445 g/mol. The van der Waals surface area contributed by atoms with Crippen molar-refractivity contribution in [2.45, 2.75) is 25.6 Å². The zero-order chi connectivity index (χ0) is 23.3. The monoisotopic (exact) mass is 461 g/mol. The first kappa shape index (κ1) is 22.4. The van der Waals surface area contributed by atoms with E-state index in [1.807, 2.05) is 26.0 Å². The van der Waals surface area contributed by atoms with Gasteiger partial charge in [-0.3, -0.25) is 4.79 Å². The summed E-state index contributed by atoms with van der Waals surface area (Å²) in [5.41, 5.74) is 0.222. The summed E-state index contributed by atoms with van der Waals surface area (Å²) in [4.78, 5) is 12.6. The van der Waals surface area contributed by atoms with Crippen LogP contribution in [0.5, 0.6) is 0 Å². The van der Waals surface area contributed by atoms with Crippen molar-refractivity contribution >= 4 is 41.0 Å². The fourth-order valence-electron chi connectivity index (χ4n) is 3.86. The van der Waals surface area contributed by atoms with E-state index in [-0.39, 0.29) is 0 Å². The molecule has 0 atom stereocenters. The molecular formula is C23H17BClF4NO2. The zero-order valence-electron chi connectivity index (χ0n) is 17.1. The Kier molecular flexibility index (Phi) is 5.55. The Morgan fingerprint density at radius 2 is 1.72 bits per heavy atom. The molecule has 0 saturated heterocycles. The minimum absolute atomic E-state index is 0.298. The summed E-state index contributed by atoms with van der Waals surface area (Å²) in [5.74, 6) is -2.06. The average Bonchev–Trinajstić information content (AvgIpc) is 2.98. The van der Waals surface area contributed by atoms with Gasteiger partial charge in [0.25, 0.3) is 5.91 Å². The van der Waals surface area contributed by atoms with Gasteiger partial charge in [-0.15, -0.1) is 0 Å². The molecule has 3 aromatic carbocycles. The Balaban J connectivity index is 1.69. The lowest BCUT2D eigenvalue weighted by atomic mass is 9.56. The number of halogens is 5. The Labute approximate surface area is 187 Å². The summed E-state index contributed by atoms with van der Waals surface area (Å²) in [6.45, 7) is 3.38. The number of hydrogen-bond acceptors (Lipinski definition) is 2. The van der Waals surface area contributed by atoms with Crippen LogP contribution in [-0.4, -0.2) is 12.8 Å². The van der Waals surface area contributed by atoms with Crippen LogP contribution in [0, 0.1) is 5.82 Å². The summed E-state index contributed by atoms with van der Waals surface area (Å²) in [6, 6.07) is 14.1. The number of fused-ring (bicyclic) bond motifs is 1. The second kappa shape index (κ2) is 7.94. The molecule has 1 N–H and O–H groups in total. The van der Waals surface area contributed by atoms with E-state index in [2.05, 4.69) is 5.32 Å². The van der Waals surface area contributed by atoms with Crippen molar-refractivity contribution < 1.29 is 27.0 Å². The topological polar surface area (TPSA) is 38.3 Å². The molecule has 1 aliphatic rings. The van der Waals surface area contributed by atoms with Gasteiger partial charge in [0, 0.05) is 10.7 Å². The first-order chi connectivity index (χ1) is 15.0. The third-order valence-corrected chi connectivity index (χ3v) is 5.61. The van der Waals surface area contributed by atoms with E-state index in [4.69, 9.17) is 16.3 Å². The zero-order valence-corrected chi connectivity index (χ0v) is 17.8. The number of hydrogen-bond donors (Lipinski definition) is 1. The number of carbonyl (C=O) groups excluding carboxylic acids is 1. The molecule has 1 aliphatic heterocycles. The minimum atomic E-state index is -4.87. The molecule has 0 aliphatic carbocycles. The van der Waals surface area contributed by atoms with Gasteiger partial charge < -0.3 is 9.97 Å². The Hall–Kier alpha value is -2.84. The number of nitrogens with one attached hydrogen (secondary N) is 1. The summed E-state index contributed by atoms with van der Waals surface area (Å²) >= 11 is 5.98. The highest BCUT2D eigenvalue weighted by atomic mass is 35.5. The van der Waals surface area contributed by atoms with Gasteiger partial charge in [0.15, 0.2) is 0 Å². The molecule has 0 saturated carbocycles. The molecule has 164 valence electrons. The second-order valence-electron chi connectivity index (χ2n) is 8.00. The molecule has 3 nitrogen and oxygen atoms in total. The normalized spacial score (nSPS) is 14.9. The van der Waals surface area contributed by atoms with Gasteiger partial charge in [-0.1, -0.05) is 29.8 Å². The highest BCUT2D eigenvalue weighted by Gasteiger charge is 2.42. The third-order valence-electron chi connectivity index (χ3n) is 5.36. The number of alkyl halides is 3. The molecule has 0 aromatic heterocycles. The van der Waals surface area contributed by atoms with Crippen LogP contribution in [0.3, 0.4) is 0 Å². The van der Waals surface area contributed by atoms with E-state index in [1.54, 1.807) is 30.3 Å². The lowest BCUT2D eigenvalue weighted by molar-refractivity contribution is -0.138. The molecule has 0 bridgehead atoms. The Morgan fingerprint density at radius 1 is 1.03 bits per heavy atom. The smallest absolute Gasteiger partial charge is 0.417 e. The molecule has 9 heteroatoms. The van der Waals surface area contributed by atoms with E-state index in [1.165, 1.54) is 0 Å². The Morgan fingerprint density at radius 3 is 2.38 bits per heavy atom. The maximum atomic E-state index is 13.4. The summed E-state index contributed by atoms with van der Waals surface area (Å²) < 4.78 is 59.4. The summed E-state index contributed by atoms with van der Waals surface area (Å²) in [7, 11) is 0. The van der Waals surface area contributed by atoms with Crippen LogP contribution in [0.25, 0.3) is 0 Å². The van der Waals surface area contributed by atoms with Crippen LogP contribution in [-0.2, 0) is 16.4 Å². The van der Waals surface area contributed by atoms with Gasteiger partial charge in [-0.25, -0.2) is 4.39 Å². The first-order valence-corrected chi connectivity index (χ1v) is 10.1. The lowest BCUT2D eigenvalue weighted by Gasteiger charge is -2.21. The molecule has 1 heterocycles. The third kappa shape index (κ3) is 4.25. The molecule has 0 spiro atoms. The van der Waals surface area contributed by atoms with Gasteiger partial charge in [-0.05, 0) is 72.8 Å². The van der Waals surface area contributed by atoms with Crippen LogP contribution in [0.1, 0.15) is 35.3 Å². The average molecular weight is 462 g/mol. The highest BCUT2D eigenvalue weighted by molar-refractivity contribution is 6.81. The highest BCUT2D eigenvalue weighted by Crippen LogP contribution is 2.34. The fraction of sp³-hybridized carbons (Fsp3) is 0.174. The standard InChI is InChI=1S/C23H17BClF4NO2/c1-22(2)18-10-8-16(12-20(18)24(32-22)13-3-5-14(25)6-4-13)30-21(31)17-9-7-15(26)11-19(17)23(27,28)29/h3-12H,1-2H3,(H,30,31). The van der Waals surface area contributed by atoms with Crippen LogP contribution in [0.2, 0.25) is 5.02 Å². The van der Waals surface area contributed by atoms with Crippen molar-refractivity contribution in [3.8, 4) is 0 Å². The van der Waals surface area contributed by atoms with Gasteiger partial charge in [0.2, 0.25) is 0 Å². The van der Waals surface area contributed by atoms with E-state index < -0.39 is 41.5 Å². The van der Waals surface area contributed by atoms with Crippen LogP contribution in [0.15, 0.2) is 60.7 Å². The molecule has 0 fully saturated rings. The summed E-state index contributed by atoms with van der Waals surface area (Å²) in [5, 5.41) is 3.07. The quantitative estimate of drug-likeness (QED) is 0.434. The van der Waals surface area contributed by atoms with Gasteiger partial charge >= 0.3 is 13.1 Å². The van der Waals surface area contributed by atoms with E-state index >= 15 is 0 Å². The lowest BCUT2D eigenvalue weighted by Crippen LogP contribution is -2.41. The molecule has 4 rings (SSSR count). The predicted molar refractivity (Wildman–Crippen MR) is 116 cm³/mol. The number of rotatable bonds is 3. The second-order valence-corrected chi connectivity index (χ2v) is 8.44. The number of carbonyl (C=O) groups is 1. The molecule has 1 amide bonds. The number of amides is 1. The molecule has 0 unspecified atom stereocenters. The van der Waals surface area contributed by atoms with Gasteiger partial charge in [0.1, 0.15) is 5.82 Å². The van der Waals surface area contributed by atoms with E-state index in [9.17, 15) is 22.4 Å². The largest absolute Gasteiger partial charge is 0.418 e. The van der Waals surface area contributed by atoms with Gasteiger partial charge in [0.05, 0.1) is 16.7 Å². The van der Waals surface area contributed by atoms with Crippen LogP contribution in [0.4, 0.5) is 23.2 Å². The minimum Gasteiger partial charge on any atom is -0.418 e. The van der Waals surface area contributed by atoms with E-state index in [0.717, 1.165) is 28.6 Å². The molecule has 3 aromatic rings. The molecule has 32 heavy (non-hydrogen) atoms. The predicted octanol–water partition coefficient (Wildman–Crippen LogP) is 5.12.